The van der Waals surface area contributed by atoms with Gasteiger partial charge in [-0.1, -0.05) is 19.1 Å². The fourth-order valence-electron chi connectivity index (χ4n) is 4.06. The third kappa shape index (κ3) is 7.03. The molecule has 1 aliphatic heterocycles. The molecular formula is C23H35N3O3. The van der Waals surface area contributed by atoms with Gasteiger partial charge in [0.2, 0.25) is 11.8 Å². The van der Waals surface area contributed by atoms with Gasteiger partial charge in [0.15, 0.2) is 0 Å². The van der Waals surface area contributed by atoms with Crippen LogP contribution in [0.5, 0.6) is 5.75 Å². The van der Waals surface area contributed by atoms with Gasteiger partial charge in [-0.25, -0.2) is 0 Å². The van der Waals surface area contributed by atoms with Crippen molar-refractivity contribution in [1.82, 2.24) is 15.5 Å². The smallest absolute Gasteiger partial charge is 0.221 e. The molecule has 0 unspecified atom stereocenters. The van der Waals surface area contributed by atoms with Crippen LogP contribution in [-0.2, 0) is 16.1 Å². The second kappa shape index (κ2) is 10.6. The first-order chi connectivity index (χ1) is 14.0. The summed E-state index contributed by atoms with van der Waals surface area (Å²) in [6.45, 7) is 6.61. The number of amides is 2. The number of benzene rings is 1. The number of nitrogens with zero attached hydrogens (tertiary/aromatic N) is 1. The maximum Gasteiger partial charge on any atom is 0.221 e. The van der Waals surface area contributed by atoms with Crippen molar-refractivity contribution in [2.24, 2.45) is 5.92 Å². The van der Waals surface area contributed by atoms with Crippen molar-refractivity contribution in [3.63, 3.8) is 0 Å². The molecule has 2 aliphatic rings. The summed E-state index contributed by atoms with van der Waals surface area (Å²) in [5.41, 5.74) is 1.05. The largest absolute Gasteiger partial charge is 0.494 e. The molecule has 6 heteroatoms. The Labute approximate surface area is 174 Å². The Balaban J connectivity index is 1.49. The molecule has 6 nitrogen and oxygen atoms in total. The maximum absolute atomic E-state index is 12.6. The lowest BCUT2D eigenvalue weighted by atomic mass is 10.1. The fourth-order valence-corrected chi connectivity index (χ4v) is 4.06. The van der Waals surface area contributed by atoms with E-state index in [2.05, 4.69) is 22.5 Å². The van der Waals surface area contributed by atoms with Gasteiger partial charge in [-0.2, -0.15) is 0 Å². The highest BCUT2D eigenvalue weighted by Crippen LogP contribution is 2.35. The fraction of sp³-hybridized carbons (Fsp3) is 0.652. The molecule has 0 aromatic heterocycles. The summed E-state index contributed by atoms with van der Waals surface area (Å²) in [7, 11) is 0. The highest BCUT2D eigenvalue weighted by atomic mass is 16.5. The Morgan fingerprint density at radius 1 is 1.14 bits per heavy atom. The van der Waals surface area contributed by atoms with Gasteiger partial charge in [0.05, 0.1) is 6.61 Å². The van der Waals surface area contributed by atoms with E-state index >= 15 is 0 Å². The van der Waals surface area contributed by atoms with Gasteiger partial charge in [0.25, 0.3) is 0 Å². The van der Waals surface area contributed by atoms with Crippen LogP contribution in [0.25, 0.3) is 0 Å². The Kier molecular flexibility index (Phi) is 7.92. The summed E-state index contributed by atoms with van der Waals surface area (Å²) in [6.07, 6.45) is 6.14. The molecule has 0 bridgehead atoms. The summed E-state index contributed by atoms with van der Waals surface area (Å²) in [4.78, 5) is 26.4. The first-order valence-corrected chi connectivity index (χ1v) is 11.0. The molecule has 0 radical (unpaired) electrons. The molecule has 2 amide bonds. The van der Waals surface area contributed by atoms with E-state index in [1.165, 1.54) is 12.8 Å². The number of carbonyl (C=O) groups excluding carboxylic acids is 2. The highest BCUT2D eigenvalue weighted by Gasteiger charge is 2.37. The van der Waals surface area contributed by atoms with Gasteiger partial charge < -0.3 is 15.4 Å². The molecule has 1 aromatic carbocycles. The van der Waals surface area contributed by atoms with Crippen LogP contribution in [0.2, 0.25) is 0 Å². The van der Waals surface area contributed by atoms with Crippen molar-refractivity contribution >= 4 is 11.8 Å². The van der Waals surface area contributed by atoms with Crippen LogP contribution in [0.1, 0.15) is 57.9 Å². The van der Waals surface area contributed by atoms with Crippen LogP contribution in [-0.4, -0.2) is 48.5 Å². The van der Waals surface area contributed by atoms with Crippen LogP contribution >= 0.6 is 0 Å². The SMILES string of the molecule is CCCOc1cccc(CNC(=O)C[C@@H]2CC[C@H](CNC(C)=O)N2CC2CC2)c1. The molecule has 29 heavy (non-hydrogen) atoms. The van der Waals surface area contributed by atoms with E-state index in [1.54, 1.807) is 6.92 Å². The quantitative estimate of drug-likeness (QED) is 0.598. The van der Waals surface area contributed by atoms with Crippen molar-refractivity contribution < 1.29 is 14.3 Å². The predicted octanol–water partition coefficient (Wildman–Crippen LogP) is 2.86. The number of likely N-dealkylation sites (tertiary alicyclic amines) is 1. The monoisotopic (exact) mass is 401 g/mol. The molecule has 2 N–H and O–H groups in total. The van der Waals surface area contributed by atoms with Crippen LogP contribution in [0.4, 0.5) is 0 Å². The molecule has 3 rings (SSSR count). The lowest BCUT2D eigenvalue weighted by Gasteiger charge is -2.30. The number of rotatable bonds is 11. The van der Waals surface area contributed by atoms with E-state index in [4.69, 9.17) is 4.74 Å². The number of carbonyl (C=O) groups is 2. The zero-order valence-electron chi connectivity index (χ0n) is 17.8. The zero-order valence-corrected chi connectivity index (χ0v) is 17.8. The molecule has 1 aliphatic carbocycles. The number of hydrogen-bond donors (Lipinski definition) is 2. The van der Waals surface area contributed by atoms with E-state index in [-0.39, 0.29) is 17.9 Å². The molecule has 1 heterocycles. The van der Waals surface area contributed by atoms with Crippen molar-refractivity contribution in [2.45, 2.75) is 71.0 Å². The molecule has 160 valence electrons. The van der Waals surface area contributed by atoms with Gasteiger partial charge in [0.1, 0.15) is 5.75 Å². The lowest BCUT2D eigenvalue weighted by molar-refractivity contribution is -0.122. The Morgan fingerprint density at radius 2 is 1.93 bits per heavy atom. The van der Waals surface area contributed by atoms with E-state index < -0.39 is 0 Å². The lowest BCUT2D eigenvalue weighted by Crippen LogP contribution is -2.45. The predicted molar refractivity (Wildman–Crippen MR) is 114 cm³/mol. The average molecular weight is 402 g/mol. The minimum atomic E-state index is 0.0164. The minimum absolute atomic E-state index is 0.0164. The molecular weight excluding hydrogens is 366 g/mol. The second-order valence-corrected chi connectivity index (χ2v) is 8.44. The third-order valence-electron chi connectivity index (χ3n) is 5.81. The Bertz CT molecular complexity index is 690. The molecule has 2 atom stereocenters. The van der Waals surface area contributed by atoms with Crippen LogP contribution in [0.15, 0.2) is 24.3 Å². The van der Waals surface area contributed by atoms with Crippen molar-refractivity contribution in [3.8, 4) is 5.75 Å². The van der Waals surface area contributed by atoms with Gasteiger partial charge in [-0.15, -0.1) is 0 Å². The van der Waals surface area contributed by atoms with Crippen LogP contribution < -0.4 is 15.4 Å². The van der Waals surface area contributed by atoms with Gasteiger partial charge >= 0.3 is 0 Å². The molecule has 2 fully saturated rings. The highest BCUT2D eigenvalue weighted by molar-refractivity contribution is 5.76. The Morgan fingerprint density at radius 3 is 2.66 bits per heavy atom. The topological polar surface area (TPSA) is 70.7 Å². The molecule has 1 saturated heterocycles. The van der Waals surface area contributed by atoms with Crippen LogP contribution in [0.3, 0.4) is 0 Å². The van der Waals surface area contributed by atoms with E-state index in [0.29, 0.717) is 32.2 Å². The summed E-state index contributed by atoms with van der Waals surface area (Å²) >= 11 is 0. The van der Waals surface area contributed by atoms with Gasteiger partial charge in [-0.3, -0.25) is 14.5 Å². The standard InChI is InChI=1S/C23H35N3O3/c1-3-11-29-22-6-4-5-19(12-22)14-25-23(28)13-20-9-10-21(15-24-17(2)27)26(20)16-18-7-8-18/h4-6,12,18,20-21H,3,7-11,13-16H2,1-2H3,(H,24,27)(H,25,28)/t20-,21+/m0/s1. The van der Waals surface area contributed by atoms with E-state index in [9.17, 15) is 9.59 Å². The van der Waals surface area contributed by atoms with Crippen LogP contribution in [0, 0.1) is 5.92 Å². The Hall–Kier alpha value is -2.08. The van der Waals surface area contributed by atoms with Gasteiger partial charge in [-0.05, 0) is 55.7 Å². The minimum Gasteiger partial charge on any atom is -0.494 e. The summed E-state index contributed by atoms with van der Waals surface area (Å²) in [6, 6.07) is 8.54. The zero-order chi connectivity index (χ0) is 20.6. The molecule has 1 saturated carbocycles. The van der Waals surface area contributed by atoms with E-state index in [0.717, 1.165) is 43.0 Å². The summed E-state index contributed by atoms with van der Waals surface area (Å²) in [5, 5.41) is 6.03. The first kappa shape index (κ1) is 21.6. The number of nitrogens with one attached hydrogen (secondary N) is 2. The van der Waals surface area contributed by atoms with E-state index in [1.807, 2.05) is 24.3 Å². The number of hydrogen-bond acceptors (Lipinski definition) is 4. The normalized spacial score (nSPS) is 21.7. The third-order valence-corrected chi connectivity index (χ3v) is 5.81. The van der Waals surface area contributed by atoms with Crippen molar-refractivity contribution in [3.05, 3.63) is 29.8 Å². The molecule has 1 aromatic rings. The van der Waals surface area contributed by atoms with Gasteiger partial charge in [0, 0.05) is 45.1 Å². The second-order valence-electron chi connectivity index (χ2n) is 8.44. The maximum atomic E-state index is 12.6. The summed E-state index contributed by atoms with van der Waals surface area (Å²) in [5.74, 6) is 1.73. The van der Waals surface area contributed by atoms with Crippen molar-refractivity contribution in [2.75, 3.05) is 19.7 Å². The van der Waals surface area contributed by atoms with Crippen molar-refractivity contribution in [1.29, 1.82) is 0 Å². The average Bonchev–Trinajstić information content (AvgIpc) is 3.45. The summed E-state index contributed by atoms with van der Waals surface area (Å²) < 4.78 is 5.67. The molecule has 0 spiro atoms. The number of ether oxygens (including phenoxy) is 1. The first-order valence-electron chi connectivity index (χ1n) is 11.0.